The second-order valence-corrected chi connectivity index (χ2v) is 7.84. The molecule has 4 rings (SSSR count). The zero-order valence-electron chi connectivity index (χ0n) is 17.8. The fraction of sp³-hybridized carbons (Fsp3) is 0.292. The van der Waals surface area contributed by atoms with E-state index in [1.54, 1.807) is 25.4 Å². The van der Waals surface area contributed by atoms with Gasteiger partial charge in [-0.1, -0.05) is 0 Å². The van der Waals surface area contributed by atoms with E-state index < -0.39 is 0 Å². The number of carbonyl (C=O) groups excluding carboxylic acids is 1. The van der Waals surface area contributed by atoms with E-state index in [4.69, 9.17) is 15.5 Å². The van der Waals surface area contributed by atoms with E-state index in [-0.39, 0.29) is 11.8 Å². The van der Waals surface area contributed by atoms with Crippen LogP contribution < -0.4 is 15.8 Å². The van der Waals surface area contributed by atoms with Crippen LogP contribution in [0.2, 0.25) is 0 Å². The number of hydrogen-bond acceptors (Lipinski definition) is 6. The van der Waals surface area contributed by atoms with Crippen LogP contribution in [0.1, 0.15) is 40.5 Å². The lowest BCUT2D eigenvalue weighted by Crippen LogP contribution is -2.39. The number of ether oxygens (including phenoxy) is 1. The van der Waals surface area contributed by atoms with E-state index in [0.717, 1.165) is 47.9 Å². The average Bonchev–Trinajstić information content (AvgIpc) is 2.79. The Labute approximate surface area is 182 Å². The molecule has 3 heterocycles. The summed E-state index contributed by atoms with van der Waals surface area (Å²) in [7, 11) is 1.66. The van der Waals surface area contributed by atoms with Crippen molar-refractivity contribution in [1.82, 2.24) is 14.9 Å². The molecular weight excluding hydrogens is 390 g/mol. The minimum atomic E-state index is -0.0126. The van der Waals surface area contributed by atoms with Gasteiger partial charge in [0.25, 0.3) is 5.91 Å². The zero-order chi connectivity index (χ0) is 21.8. The van der Waals surface area contributed by atoms with Gasteiger partial charge in [0.05, 0.1) is 12.7 Å². The molecule has 0 aliphatic carbocycles. The number of nitrogen functional groups attached to an aromatic ring is 1. The SMILES string of the molecule is COc1ccc(Nc2cc(C)nc(C3CCCN(C(=O)c4ccc(N)nc4)C3)c2)cc1. The molecule has 7 heteroatoms. The predicted octanol–water partition coefficient (Wildman–Crippen LogP) is 4.14. The number of aromatic nitrogens is 2. The van der Waals surface area contributed by atoms with Crippen molar-refractivity contribution in [2.75, 3.05) is 31.2 Å². The molecule has 3 N–H and O–H groups in total. The molecule has 7 nitrogen and oxygen atoms in total. The van der Waals surface area contributed by atoms with Gasteiger partial charge in [-0.25, -0.2) is 4.98 Å². The topological polar surface area (TPSA) is 93.4 Å². The molecule has 1 aliphatic rings. The molecule has 1 saturated heterocycles. The highest BCUT2D eigenvalue weighted by Crippen LogP contribution is 2.30. The molecule has 0 radical (unpaired) electrons. The number of methoxy groups -OCH3 is 1. The summed E-state index contributed by atoms with van der Waals surface area (Å²) in [4.78, 5) is 23.6. The lowest BCUT2D eigenvalue weighted by Gasteiger charge is -2.33. The summed E-state index contributed by atoms with van der Waals surface area (Å²) in [5, 5.41) is 3.44. The first-order valence-electron chi connectivity index (χ1n) is 10.4. The largest absolute Gasteiger partial charge is 0.497 e. The third-order valence-electron chi connectivity index (χ3n) is 5.51. The number of nitrogens with two attached hydrogens (primary N) is 1. The number of anilines is 3. The van der Waals surface area contributed by atoms with Crippen molar-refractivity contribution in [3.05, 3.63) is 71.7 Å². The Morgan fingerprint density at radius 3 is 2.68 bits per heavy atom. The van der Waals surface area contributed by atoms with Crippen LogP contribution in [0.5, 0.6) is 5.75 Å². The van der Waals surface area contributed by atoms with Gasteiger partial charge >= 0.3 is 0 Å². The number of likely N-dealkylation sites (tertiary alicyclic amines) is 1. The lowest BCUT2D eigenvalue weighted by molar-refractivity contribution is 0.0705. The van der Waals surface area contributed by atoms with Crippen molar-refractivity contribution in [2.45, 2.75) is 25.7 Å². The van der Waals surface area contributed by atoms with Crippen molar-refractivity contribution in [1.29, 1.82) is 0 Å². The molecule has 1 unspecified atom stereocenters. The van der Waals surface area contributed by atoms with Gasteiger partial charge < -0.3 is 20.7 Å². The number of piperidine rings is 1. The van der Waals surface area contributed by atoms with Crippen molar-refractivity contribution in [3.63, 3.8) is 0 Å². The summed E-state index contributed by atoms with van der Waals surface area (Å²) in [6, 6.07) is 15.3. The minimum absolute atomic E-state index is 0.0126. The van der Waals surface area contributed by atoms with Crippen molar-refractivity contribution < 1.29 is 9.53 Å². The normalized spacial score (nSPS) is 16.1. The first-order valence-corrected chi connectivity index (χ1v) is 10.4. The highest BCUT2D eigenvalue weighted by Gasteiger charge is 2.27. The van der Waals surface area contributed by atoms with E-state index in [1.807, 2.05) is 42.2 Å². The van der Waals surface area contributed by atoms with Crippen LogP contribution in [0.25, 0.3) is 0 Å². The zero-order valence-corrected chi connectivity index (χ0v) is 17.8. The summed E-state index contributed by atoms with van der Waals surface area (Å²) < 4.78 is 5.22. The molecule has 1 aliphatic heterocycles. The van der Waals surface area contributed by atoms with Gasteiger partial charge in [0, 0.05) is 48.0 Å². The Morgan fingerprint density at radius 1 is 1.16 bits per heavy atom. The summed E-state index contributed by atoms with van der Waals surface area (Å²) >= 11 is 0. The molecule has 0 spiro atoms. The molecule has 1 fully saturated rings. The maximum atomic E-state index is 12.9. The lowest BCUT2D eigenvalue weighted by atomic mass is 9.93. The number of amides is 1. The second-order valence-electron chi connectivity index (χ2n) is 7.84. The molecule has 1 aromatic carbocycles. The van der Waals surface area contributed by atoms with Crippen LogP contribution in [-0.4, -0.2) is 41.0 Å². The van der Waals surface area contributed by atoms with Gasteiger partial charge in [-0.3, -0.25) is 9.78 Å². The fourth-order valence-corrected chi connectivity index (χ4v) is 3.93. The molecule has 1 atom stereocenters. The van der Waals surface area contributed by atoms with Crippen LogP contribution in [0.15, 0.2) is 54.7 Å². The summed E-state index contributed by atoms with van der Waals surface area (Å²) in [5.74, 6) is 1.41. The maximum absolute atomic E-state index is 12.9. The van der Waals surface area contributed by atoms with E-state index >= 15 is 0 Å². The van der Waals surface area contributed by atoms with Gasteiger partial charge in [-0.05, 0) is 68.3 Å². The van der Waals surface area contributed by atoms with E-state index in [0.29, 0.717) is 17.9 Å². The number of hydrogen-bond donors (Lipinski definition) is 2. The van der Waals surface area contributed by atoms with Crippen LogP contribution in [0.3, 0.4) is 0 Å². The smallest absolute Gasteiger partial charge is 0.255 e. The maximum Gasteiger partial charge on any atom is 0.255 e. The van der Waals surface area contributed by atoms with Gasteiger partial charge in [0.1, 0.15) is 11.6 Å². The Bertz CT molecular complexity index is 1050. The standard InChI is InChI=1S/C24H27N5O2/c1-16-12-20(28-19-6-8-21(31-2)9-7-19)13-22(27-16)18-4-3-11-29(15-18)24(30)17-5-10-23(25)26-14-17/h5-10,12-14,18H,3-4,11,15H2,1-2H3,(H2,25,26)(H,27,28). The average molecular weight is 418 g/mol. The molecule has 0 bridgehead atoms. The van der Waals surface area contributed by atoms with E-state index in [2.05, 4.69) is 16.4 Å². The number of nitrogens with zero attached hydrogens (tertiary/aromatic N) is 3. The molecule has 31 heavy (non-hydrogen) atoms. The quantitative estimate of drug-likeness (QED) is 0.648. The summed E-state index contributed by atoms with van der Waals surface area (Å²) in [6.07, 6.45) is 3.49. The number of pyridine rings is 2. The third-order valence-corrected chi connectivity index (χ3v) is 5.51. The van der Waals surface area contributed by atoms with Crippen molar-refractivity contribution >= 4 is 23.1 Å². The highest BCUT2D eigenvalue weighted by atomic mass is 16.5. The number of benzene rings is 1. The van der Waals surface area contributed by atoms with Crippen LogP contribution in [0, 0.1) is 6.92 Å². The first-order chi connectivity index (χ1) is 15.0. The Hall–Kier alpha value is -3.61. The Kier molecular flexibility index (Phi) is 6.02. The van der Waals surface area contributed by atoms with Crippen molar-refractivity contribution in [3.8, 4) is 5.75 Å². The van der Waals surface area contributed by atoms with Crippen LogP contribution >= 0.6 is 0 Å². The Balaban J connectivity index is 1.50. The van der Waals surface area contributed by atoms with Gasteiger partial charge in [-0.2, -0.15) is 0 Å². The molecular formula is C24H27N5O2. The number of aryl methyl sites for hydroxylation is 1. The van der Waals surface area contributed by atoms with Gasteiger partial charge in [-0.15, -0.1) is 0 Å². The molecule has 1 amide bonds. The molecule has 3 aromatic rings. The number of carbonyl (C=O) groups is 1. The van der Waals surface area contributed by atoms with Crippen LogP contribution in [-0.2, 0) is 0 Å². The Morgan fingerprint density at radius 2 is 1.97 bits per heavy atom. The van der Waals surface area contributed by atoms with Crippen molar-refractivity contribution in [2.24, 2.45) is 0 Å². The number of rotatable bonds is 5. The van der Waals surface area contributed by atoms with Gasteiger partial charge in [0.2, 0.25) is 0 Å². The second kappa shape index (κ2) is 9.04. The molecule has 160 valence electrons. The molecule has 0 saturated carbocycles. The molecule has 2 aromatic heterocycles. The van der Waals surface area contributed by atoms with Crippen LogP contribution in [0.4, 0.5) is 17.2 Å². The minimum Gasteiger partial charge on any atom is -0.497 e. The predicted molar refractivity (Wildman–Crippen MR) is 122 cm³/mol. The number of nitrogens with one attached hydrogen (secondary N) is 1. The fourth-order valence-electron chi connectivity index (χ4n) is 3.93. The highest BCUT2D eigenvalue weighted by molar-refractivity contribution is 5.94. The van der Waals surface area contributed by atoms with Gasteiger partial charge in [0.15, 0.2) is 0 Å². The summed E-state index contributed by atoms with van der Waals surface area (Å²) in [5.41, 5.74) is 10.1. The van der Waals surface area contributed by atoms with E-state index in [9.17, 15) is 4.79 Å². The summed E-state index contributed by atoms with van der Waals surface area (Å²) in [6.45, 7) is 3.37. The van der Waals surface area contributed by atoms with E-state index in [1.165, 1.54) is 0 Å². The monoisotopic (exact) mass is 417 g/mol. The first kappa shape index (κ1) is 20.7. The third kappa shape index (κ3) is 4.94.